The fraction of sp³-hybridized carbons (Fsp3) is 0.458. The van der Waals surface area contributed by atoms with Gasteiger partial charge in [0.1, 0.15) is 11.4 Å². The molecule has 1 N–H and O–H groups in total. The standard InChI is InChI=1S/C24H26O4S/c1-14(11-17-6-8-20(29-17)27-21(25)26)15-5-7-19-18(12-15)23(3)22(2)10-9-16(13-22)24(23,4)28-19/h5-8,11-12,16H,9-10,13H2,1-4H3,(H,25,26)/b14-11+. The molecule has 5 heteroatoms. The summed E-state index contributed by atoms with van der Waals surface area (Å²) < 4.78 is 11.4. The van der Waals surface area contributed by atoms with Crippen molar-refractivity contribution in [2.24, 2.45) is 11.3 Å². The number of carbonyl (C=O) groups is 1. The number of hydrogen-bond donors (Lipinski definition) is 1. The van der Waals surface area contributed by atoms with E-state index < -0.39 is 6.16 Å². The number of allylic oxidation sites excluding steroid dienone is 1. The maximum Gasteiger partial charge on any atom is 0.512 e. The van der Waals surface area contributed by atoms with Gasteiger partial charge in [-0.2, -0.15) is 0 Å². The molecule has 0 radical (unpaired) electrons. The highest BCUT2D eigenvalue weighted by Crippen LogP contribution is 2.73. The minimum absolute atomic E-state index is 0.0277. The van der Waals surface area contributed by atoms with Crippen LogP contribution < -0.4 is 9.47 Å². The number of hydrogen-bond acceptors (Lipinski definition) is 4. The van der Waals surface area contributed by atoms with Crippen molar-refractivity contribution in [3.8, 4) is 10.8 Å². The van der Waals surface area contributed by atoms with E-state index in [1.54, 1.807) is 6.07 Å². The summed E-state index contributed by atoms with van der Waals surface area (Å²) in [6.45, 7) is 9.27. The molecular formula is C24H26O4S. The second-order valence-corrected chi connectivity index (χ2v) is 10.5. The van der Waals surface area contributed by atoms with E-state index in [0.29, 0.717) is 11.0 Å². The molecule has 0 amide bonds. The summed E-state index contributed by atoms with van der Waals surface area (Å²) in [5, 5.41) is 9.15. The Kier molecular flexibility index (Phi) is 3.80. The van der Waals surface area contributed by atoms with Gasteiger partial charge in [0.2, 0.25) is 0 Å². The van der Waals surface area contributed by atoms with Crippen molar-refractivity contribution >= 4 is 29.1 Å². The molecule has 2 bridgehead atoms. The Balaban J connectivity index is 1.51. The minimum Gasteiger partial charge on any atom is -0.486 e. The van der Waals surface area contributed by atoms with Crippen molar-refractivity contribution in [2.45, 2.75) is 58.0 Å². The summed E-state index contributed by atoms with van der Waals surface area (Å²) in [6, 6.07) is 10.2. The average Bonchev–Trinajstić information content (AvgIpc) is 3.35. The van der Waals surface area contributed by atoms with Gasteiger partial charge in [0.15, 0.2) is 5.06 Å². The fourth-order valence-corrected chi connectivity index (χ4v) is 7.14. The van der Waals surface area contributed by atoms with Gasteiger partial charge in [-0.3, -0.25) is 0 Å². The zero-order valence-electron chi connectivity index (χ0n) is 17.2. The van der Waals surface area contributed by atoms with Crippen LogP contribution >= 0.6 is 11.3 Å². The molecule has 1 aliphatic heterocycles. The van der Waals surface area contributed by atoms with Crippen LogP contribution in [0.3, 0.4) is 0 Å². The van der Waals surface area contributed by atoms with Gasteiger partial charge in [-0.15, -0.1) is 0 Å². The van der Waals surface area contributed by atoms with Crippen LogP contribution in [0.25, 0.3) is 11.6 Å². The molecule has 0 saturated heterocycles. The summed E-state index contributed by atoms with van der Waals surface area (Å²) in [5.74, 6) is 1.67. The molecule has 4 unspecified atom stereocenters. The van der Waals surface area contributed by atoms with E-state index >= 15 is 0 Å². The zero-order chi connectivity index (χ0) is 20.6. The summed E-state index contributed by atoms with van der Waals surface area (Å²) in [7, 11) is 0. The molecule has 29 heavy (non-hydrogen) atoms. The van der Waals surface area contributed by atoms with Gasteiger partial charge in [0, 0.05) is 15.9 Å². The summed E-state index contributed by atoms with van der Waals surface area (Å²) in [4.78, 5) is 11.7. The molecule has 2 heterocycles. The summed E-state index contributed by atoms with van der Waals surface area (Å²) in [6.07, 6.45) is 4.59. The third-order valence-corrected chi connectivity index (χ3v) is 9.08. The highest BCUT2D eigenvalue weighted by atomic mass is 32.1. The predicted octanol–water partition coefficient (Wildman–Crippen LogP) is 6.59. The Labute approximate surface area is 175 Å². The van der Waals surface area contributed by atoms with Crippen LogP contribution in [0.5, 0.6) is 10.8 Å². The Hall–Kier alpha value is -2.27. The monoisotopic (exact) mass is 410 g/mol. The lowest BCUT2D eigenvalue weighted by atomic mass is 9.56. The first-order chi connectivity index (χ1) is 13.7. The second kappa shape index (κ2) is 5.88. The number of fused-ring (bicyclic) bond motifs is 7. The van der Waals surface area contributed by atoms with Crippen LogP contribution in [0.4, 0.5) is 4.79 Å². The summed E-state index contributed by atoms with van der Waals surface area (Å²) in [5.41, 5.74) is 3.86. The van der Waals surface area contributed by atoms with Crippen LogP contribution in [0.15, 0.2) is 30.3 Å². The van der Waals surface area contributed by atoms with Gasteiger partial charge >= 0.3 is 6.16 Å². The van der Waals surface area contributed by atoms with Crippen molar-refractivity contribution in [3.05, 3.63) is 46.3 Å². The molecule has 2 saturated carbocycles. The van der Waals surface area contributed by atoms with Gasteiger partial charge in [-0.25, -0.2) is 4.79 Å². The normalized spacial score (nSPS) is 34.6. The molecule has 1 aromatic carbocycles. The number of thiophene rings is 1. The number of benzene rings is 1. The van der Waals surface area contributed by atoms with Gasteiger partial charge in [-0.05, 0) is 85.9 Å². The molecule has 0 spiro atoms. The van der Waals surface area contributed by atoms with Crippen LogP contribution in [-0.2, 0) is 5.41 Å². The molecule has 3 aliphatic rings. The molecule has 4 nitrogen and oxygen atoms in total. The topological polar surface area (TPSA) is 55.8 Å². The van der Waals surface area contributed by atoms with Crippen molar-refractivity contribution in [2.75, 3.05) is 0 Å². The zero-order valence-corrected chi connectivity index (χ0v) is 18.1. The third kappa shape index (κ3) is 2.40. The Bertz CT molecular complexity index is 1050. The SMILES string of the molecule is C/C(=C\c1ccc(OC(=O)O)s1)c1ccc2c(c1)C1(C)C3(C)CCC(C3)C1(C)O2. The maximum absolute atomic E-state index is 10.7. The first-order valence-corrected chi connectivity index (χ1v) is 11.0. The molecule has 2 aliphatic carbocycles. The van der Waals surface area contributed by atoms with E-state index in [2.05, 4.69) is 52.0 Å². The van der Waals surface area contributed by atoms with Crippen LogP contribution in [0, 0.1) is 11.3 Å². The first kappa shape index (κ1) is 18.7. The average molecular weight is 411 g/mol. The van der Waals surface area contributed by atoms with Crippen LogP contribution in [-0.4, -0.2) is 16.9 Å². The Morgan fingerprint density at radius 3 is 2.83 bits per heavy atom. The van der Waals surface area contributed by atoms with Crippen molar-refractivity contribution < 1.29 is 19.4 Å². The van der Waals surface area contributed by atoms with Gasteiger partial charge in [0.05, 0.1) is 0 Å². The quantitative estimate of drug-likeness (QED) is 0.580. The highest BCUT2D eigenvalue weighted by molar-refractivity contribution is 7.14. The minimum atomic E-state index is -1.28. The smallest absolute Gasteiger partial charge is 0.486 e. The van der Waals surface area contributed by atoms with E-state index in [1.165, 1.54) is 41.7 Å². The molecule has 152 valence electrons. The van der Waals surface area contributed by atoms with Crippen molar-refractivity contribution in [1.82, 2.24) is 0 Å². The molecule has 2 aromatic rings. The predicted molar refractivity (Wildman–Crippen MR) is 115 cm³/mol. The van der Waals surface area contributed by atoms with Crippen LogP contribution in [0.2, 0.25) is 0 Å². The van der Waals surface area contributed by atoms with Gasteiger partial charge < -0.3 is 14.6 Å². The lowest BCUT2D eigenvalue weighted by Crippen LogP contribution is -2.54. The van der Waals surface area contributed by atoms with Crippen LogP contribution in [0.1, 0.15) is 63.0 Å². The summed E-state index contributed by atoms with van der Waals surface area (Å²) >= 11 is 1.33. The van der Waals surface area contributed by atoms with Crippen molar-refractivity contribution in [3.63, 3.8) is 0 Å². The fourth-order valence-electron chi connectivity index (χ4n) is 6.28. The number of carboxylic acid groups (broad SMARTS) is 1. The molecule has 1 aromatic heterocycles. The number of rotatable bonds is 3. The largest absolute Gasteiger partial charge is 0.512 e. The van der Waals surface area contributed by atoms with E-state index in [-0.39, 0.29) is 16.4 Å². The molecule has 2 fully saturated rings. The maximum atomic E-state index is 10.7. The number of ether oxygens (including phenoxy) is 2. The van der Waals surface area contributed by atoms with E-state index in [9.17, 15) is 4.79 Å². The lowest BCUT2D eigenvalue weighted by molar-refractivity contribution is -0.0260. The van der Waals surface area contributed by atoms with E-state index in [1.807, 2.05) is 6.07 Å². The van der Waals surface area contributed by atoms with Gasteiger partial charge in [0.25, 0.3) is 0 Å². The second-order valence-electron chi connectivity index (χ2n) is 9.40. The first-order valence-electron chi connectivity index (χ1n) is 10.2. The van der Waals surface area contributed by atoms with E-state index in [0.717, 1.165) is 16.2 Å². The van der Waals surface area contributed by atoms with E-state index in [4.69, 9.17) is 14.6 Å². The molecule has 5 rings (SSSR count). The van der Waals surface area contributed by atoms with Crippen molar-refractivity contribution in [1.29, 1.82) is 0 Å². The lowest BCUT2D eigenvalue weighted by Gasteiger charge is -2.48. The molecule has 4 atom stereocenters. The highest BCUT2D eigenvalue weighted by Gasteiger charge is 2.73. The Morgan fingerprint density at radius 2 is 2.07 bits per heavy atom. The van der Waals surface area contributed by atoms with Gasteiger partial charge in [-0.1, -0.05) is 31.3 Å². The Morgan fingerprint density at radius 1 is 1.28 bits per heavy atom. The third-order valence-electron chi connectivity index (χ3n) is 8.16. The molecular weight excluding hydrogens is 384 g/mol.